The van der Waals surface area contributed by atoms with Gasteiger partial charge in [0, 0.05) is 57.3 Å². The summed E-state index contributed by atoms with van der Waals surface area (Å²) in [7, 11) is 0. The Morgan fingerprint density at radius 1 is 0.889 bits per heavy atom. The third kappa shape index (κ3) is 4.60. The number of amides is 2. The second-order valence-corrected chi connectivity index (χ2v) is 10.4. The molecule has 2 aromatic rings. The number of carbonyl (C=O) groups is 2. The van der Waals surface area contributed by atoms with Gasteiger partial charge in [-0.15, -0.1) is 0 Å². The van der Waals surface area contributed by atoms with Gasteiger partial charge in [0.05, 0.1) is 0 Å². The Labute approximate surface area is 212 Å². The summed E-state index contributed by atoms with van der Waals surface area (Å²) in [5.74, 6) is 1.81. The standard InChI is InChI=1S/C29H33N3O4/c33-27(23-8-9-25-26(19-23)36-21-35-25)31-13-10-29(11-14-31)20-24(29)28(34)32-17-15-30(16-18-32)12-4-7-22-5-2-1-3-6-22/h1-9,19,24H,10-18,20-21H2/b7-4+. The van der Waals surface area contributed by atoms with E-state index in [0.29, 0.717) is 36.1 Å². The van der Waals surface area contributed by atoms with E-state index >= 15 is 0 Å². The molecule has 0 aromatic heterocycles. The summed E-state index contributed by atoms with van der Waals surface area (Å²) in [6.45, 7) is 5.98. The number of benzene rings is 2. The van der Waals surface area contributed by atoms with E-state index < -0.39 is 0 Å². The van der Waals surface area contributed by atoms with Crippen molar-refractivity contribution in [2.75, 3.05) is 52.6 Å². The largest absolute Gasteiger partial charge is 0.454 e. The molecule has 1 unspecified atom stereocenters. The van der Waals surface area contributed by atoms with Crippen LogP contribution in [0.25, 0.3) is 6.08 Å². The van der Waals surface area contributed by atoms with Crippen molar-refractivity contribution in [1.29, 1.82) is 0 Å². The molecule has 4 aliphatic rings. The molecule has 0 N–H and O–H groups in total. The van der Waals surface area contributed by atoms with Gasteiger partial charge >= 0.3 is 0 Å². The van der Waals surface area contributed by atoms with Crippen molar-refractivity contribution in [2.45, 2.75) is 19.3 Å². The highest BCUT2D eigenvalue weighted by molar-refractivity contribution is 5.95. The van der Waals surface area contributed by atoms with Crippen LogP contribution in [0, 0.1) is 11.3 Å². The maximum absolute atomic E-state index is 13.3. The zero-order valence-electron chi connectivity index (χ0n) is 20.6. The smallest absolute Gasteiger partial charge is 0.253 e. The molecule has 7 heteroatoms. The molecule has 1 saturated carbocycles. The van der Waals surface area contributed by atoms with E-state index in [4.69, 9.17) is 9.47 Å². The number of hydrogen-bond acceptors (Lipinski definition) is 5. The fourth-order valence-electron chi connectivity index (χ4n) is 5.89. The number of hydrogen-bond donors (Lipinski definition) is 0. The molecule has 2 saturated heterocycles. The first kappa shape index (κ1) is 23.1. The lowest BCUT2D eigenvalue weighted by Gasteiger charge is -2.36. The number of nitrogens with zero attached hydrogens (tertiary/aromatic N) is 3. The summed E-state index contributed by atoms with van der Waals surface area (Å²) >= 11 is 0. The molecule has 1 spiro atoms. The predicted octanol–water partition coefficient (Wildman–Crippen LogP) is 3.52. The Bertz CT molecular complexity index is 1150. The lowest BCUT2D eigenvalue weighted by atomic mass is 9.90. The van der Waals surface area contributed by atoms with Crippen LogP contribution in [0.5, 0.6) is 11.5 Å². The van der Waals surface area contributed by atoms with Crippen LogP contribution in [-0.4, -0.2) is 79.1 Å². The number of likely N-dealkylation sites (tertiary alicyclic amines) is 1. The van der Waals surface area contributed by atoms with E-state index in [1.165, 1.54) is 5.56 Å². The van der Waals surface area contributed by atoms with Crippen molar-refractivity contribution in [3.63, 3.8) is 0 Å². The highest BCUT2D eigenvalue weighted by atomic mass is 16.7. The molecule has 2 amide bonds. The number of fused-ring (bicyclic) bond motifs is 1. The third-order valence-electron chi connectivity index (χ3n) is 8.31. The number of piperidine rings is 1. The highest BCUT2D eigenvalue weighted by Crippen LogP contribution is 2.60. The monoisotopic (exact) mass is 487 g/mol. The molecule has 6 rings (SSSR count). The molecule has 36 heavy (non-hydrogen) atoms. The van der Waals surface area contributed by atoms with Crippen molar-refractivity contribution >= 4 is 17.9 Å². The Morgan fingerprint density at radius 3 is 2.42 bits per heavy atom. The maximum Gasteiger partial charge on any atom is 0.253 e. The van der Waals surface area contributed by atoms with E-state index in [9.17, 15) is 9.59 Å². The summed E-state index contributed by atoms with van der Waals surface area (Å²) in [4.78, 5) is 32.7. The summed E-state index contributed by atoms with van der Waals surface area (Å²) in [5, 5.41) is 0. The van der Waals surface area contributed by atoms with Crippen LogP contribution in [0.2, 0.25) is 0 Å². The number of ether oxygens (including phenoxy) is 2. The second kappa shape index (κ2) is 9.62. The second-order valence-electron chi connectivity index (χ2n) is 10.4. The molecular weight excluding hydrogens is 454 g/mol. The molecule has 7 nitrogen and oxygen atoms in total. The maximum atomic E-state index is 13.3. The van der Waals surface area contributed by atoms with Gasteiger partial charge in [-0.3, -0.25) is 14.5 Å². The number of rotatable bonds is 5. The molecule has 2 aromatic carbocycles. The van der Waals surface area contributed by atoms with Crippen LogP contribution in [0.4, 0.5) is 0 Å². The van der Waals surface area contributed by atoms with Gasteiger partial charge in [0.1, 0.15) is 0 Å². The quantitative estimate of drug-likeness (QED) is 0.646. The van der Waals surface area contributed by atoms with Crippen molar-refractivity contribution in [3.05, 3.63) is 65.7 Å². The van der Waals surface area contributed by atoms with Crippen molar-refractivity contribution in [1.82, 2.24) is 14.7 Å². The Hall–Kier alpha value is -3.32. The zero-order valence-corrected chi connectivity index (χ0v) is 20.6. The van der Waals surface area contributed by atoms with Crippen molar-refractivity contribution in [3.8, 4) is 11.5 Å². The number of piperazine rings is 1. The van der Waals surface area contributed by atoms with E-state index in [1.807, 2.05) is 11.0 Å². The molecule has 3 heterocycles. The van der Waals surface area contributed by atoms with Gasteiger partial charge in [-0.05, 0) is 48.4 Å². The Kier molecular flexibility index (Phi) is 6.17. The van der Waals surface area contributed by atoms with Crippen LogP contribution >= 0.6 is 0 Å². The third-order valence-corrected chi connectivity index (χ3v) is 8.31. The van der Waals surface area contributed by atoms with Crippen LogP contribution in [0.15, 0.2) is 54.6 Å². The Balaban J connectivity index is 0.962. The average Bonchev–Trinajstić information content (AvgIpc) is 3.40. The van der Waals surface area contributed by atoms with Crippen LogP contribution in [-0.2, 0) is 4.79 Å². The summed E-state index contributed by atoms with van der Waals surface area (Å²) < 4.78 is 10.8. The fourth-order valence-corrected chi connectivity index (χ4v) is 5.89. The van der Waals surface area contributed by atoms with Gasteiger partial charge in [0.25, 0.3) is 5.91 Å². The minimum Gasteiger partial charge on any atom is -0.454 e. The first-order chi connectivity index (χ1) is 17.6. The predicted molar refractivity (Wildman–Crippen MR) is 137 cm³/mol. The summed E-state index contributed by atoms with van der Waals surface area (Å²) in [5.41, 5.74) is 1.95. The summed E-state index contributed by atoms with van der Waals surface area (Å²) in [6, 6.07) is 15.7. The normalized spacial score (nSPS) is 22.8. The minimum atomic E-state index is 0.0316. The minimum absolute atomic E-state index is 0.0316. The lowest BCUT2D eigenvalue weighted by Crippen LogP contribution is -2.49. The summed E-state index contributed by atoms with van der Waals surface area (Å²) in [6.07, 6.45) is 7.16. The van der Waals surface area contributed by atoms with Crippen LogP contribution in [0.3, 0.4) is 0 Å². The first-order valence-corrected chi connectivity index (χ1v) is 13.0. The molecule has 188 valence electrons. The zero-order chi connectivity index (χ0) is 24.5. The van der Waals surface area contributed by atoms with Gasteiger partial charge in [-0.1, -0.05) is 42.5 Å². The van der Waals surface area contributed by atoms with Gasteiger partial charge in [-0.2, -0.15) is 0 Å². The fraction of sp³-hybridized carbons (Fsp3) is 0.448. The van der Waals surface area contributed by atoms with Crippen molar-refractivity contribution in [2.24, 2.45) is 11.3 Å². The Morgan fingerprint density at radius 2 is 1.64 bits per heavy atom. The van der Waals surface area contributed by atoms with Crippen LogP contribution < -0.4 is 9.47 Å². The van der Waals surface area contributed by atoms with Gasteiger partial charge in [-0.25, -0.2) is 0 Å². The molecule has 3 fully saturated rings. The molecular formula is C29H33N3O4. The molecule has 3 aliphatic heterocycles. The van der Waals surface area contributed by atoms with E-state index in [0.717, 1.165) is 52.0 Å². The number of carbonyl (C=O) groups excluding carboxylic acids is 2. The van der Waals surface area contributed by atoms with Gasteiger partial charge < -0.3 is 19.3 Å². The van der Waals surface area contributed by atoms with E-state index in [-0.39, 0.29) is 24.0 Å². The highest BCUT2D eigenvalue weighted by Gasteiger charge is 2.59. The van der Waals surface area contributed by atoms with Gasteiger partial charge in [0.2, 0.25) is 12.7 Å². The molecule has 0 bridgehead atoms. The molecule has 0 radical (unpaired) electrons. The SMILES string of the molecule is O=C(c1ccc2c(c1)OCO2)N1CCC2(CC1)CC2C(=O)N1CCN(C/C=C/c2ccccc2)CC1. The van der Waals surface area contributed by atoms with E-state index in [1.54, 1.807) is 18.2 Å². The van der Waals surface area contributed by atoms with Crippen molar-refractivity contribution < 1.29 is 19.1 Å². The first-order valence-electron chi connectivity index (χ1n) is 13.0. The topological polar surface area (TPSA) is 62.3 Å². The molecule has 1 aliphatic carbocycles. The van der Waals surface area contributed by atoms with Crippen LogP contribution in [0.1, 0.15) is 35.2 Å². The average molecular weight is 488 g/mol. The molecule has 1 atom stereocenters. The van der Waals surface area contributed by atoms with Gasteiger partial charge in [0.15, 0.2) is 11.5 Å². The van der Waals surface area contributed by atoms with E-state index in [2.05, 4.69) is 46.2 Å². The lowest BCUT2D eigenvalue weighted by molar-refractivity contribution is -0.135.